The number of thioether (sulfide) groups is 1. The number of ether oxygens (including phenoxy) is 2. The van der Waals surface area contributed by atoms with E-state index in [1.807, 2.05) is 36.4 Å². The molecular formula is C23H32N2O3S. The van der Waals surface area contributed by atoms with Crippen molar-refractivity contribution in [3.63, 3.8) is 0 Å². The van der Waals surface area contributed by atoms with Crippen LogP contribution in [0.25, 0.3) is 0 Å². The molecule has 0 aliphatic heterocycles. The van der Waals surface area contributed by atoms with Crippen LogP contribution in [0.4, 0.5) is 5.82 Å². The molecule has 2 rings (SSSR count). The van der Waals surface area contributed by atoms with Gasteiger partial charge in [-0.05, 0) is 30.0 Å². The molecule has 2 N–H and O–H groups in total. The third kappa shape index (κ3) is 8.77. The molecule has 29 heavy (non-hydrogen) atoms. The number of nitrogens with two attached hydrogens (primary N) is 1. The summed E-state index contributed by atoms with van der Waals surface area (Å²) in [7, 11) is 0. The number of hydrogen-bond acceptors (Lipinski definition) is 6. The van der Waals surface area contributed by atoms with E-state index in [1.54, 1.807) is 6.07 Å². The molecule has 0 amide bonds. The number of carbonyl (C=O) groups is 1. The summed E-state index contributed by atoms with van der Waals surface area (Å²) in [5.41, 5.74) is 6.91. The molecule has 0 aliphatic carbocycles. The minimum atomic E-state index is -0.164. The van der Waals surface area contributed by atoms with Crippen molar-refractivity contribution in [3.8, 4) is 5.75 Å². The van der Waals surface area contributed by atoms with Crippen molar-refractivity contribution in [1.82, 2.24) is 4.98 Å². The first-order valence-electron chi connectivity index (χ1n) is 10.3. The summed E-state index contributed by atoms with van der Waals surface area (Å²) in [5.74, 6) is 1.97. The zero-order chi connectivity index (χ0) is 20.9. The molecule has 158 valence electrons. The summed E-state index contributed by atoms with van der Waals surface area (Å²) in [4.78, 5) is 16.4. The van der Waals surface area contributed by atoms with Crippen LogP contribution in [-0.2, 0) is 16.1 Å². The van der Waals surface area contributed by atoms with E-state index in [2.05, 4.69) is 18.8 Å². The van der Waals surface area contributed by atoms with Crippen LogP contribution in [0, 0.1) is 5.92 Å². The number of anilines is 1. The lowest BCUT2D eigenvalue weighted by Gasteiger charge is -2.14. The van der Waals surface area contributed by atoms with Crippen molar-refractivity contribution in [3.05, 3.63) is 48.0 Å². The quantitative estimate of drug-likeness (QED) is 0.344. The van der Waals surface area contributed by atoms with Crippen molar-refractivity contribution in [2.45, 2.75) is 57.6 Å². The molecule has 1 aromatic heterocycles. The second-order valence-electron chi connectivity index (χ2n) is 7.01. The third-order valence-electron chi connectivity index (χ3n) is 4.65. The van der Waals surface area contributed by atoms with Gasteiger partial charge in [-0.25, -0.2) is 4.98 Å². The van der Waals surface area contributed by atoms with Gasteiger partial charge in [0, 0.05) is 5.75 Å². The van der Waals surface area contributed by atoms with E-state index >= 15 is 0 Å². The molecule has 0 saturated carbocycles. The van der Waals surface area contributed by atoms with E-state index in [0.717, 1.165) is 18.4 Å². The van der Waals surface area contributed by atoms with E-state index in [-0.39, 0.29) is 5.97 Å². The predicted molar refractivity (Wildman–Crippen MR) is 119 cm³/mol. The van der Waals surface area contributed by atoms with Gasteiger partial charge >= 0.3 is 5.97 Å². The molecule has 0 radical (unpaired) electrons. The first-order valence-corrected chi connectivity index (χ1v) is 11.3. The van der Waals surface area contributed by atoms with E-state index < -0.39 is 0 Å². The highest BCUT2D eigenvalue weighted by molar-refractivity contribution is 7.99. The van der Waals surface area contributed by atoms with Crippen LogP contribution in [0.1, 0.15) is 51.5 Å². The van der Waals surface area contributed by atoms with Gasteiger partial charge in [0.15, 0.2) is 5.75 Å². The van der Waals surface area contributed by atoms with E-state index in [1.165, 1.54) is 24.6 Å². The fourth-order valence-corrected chi connectivity index (χ4v) is 3.70. The average molecular weight is 417 g/mol. The third-order valence-corrected chi connectivity index (χ3v) is 5.63. The molecule has 2 aromatic rings. The van der Waals surface area contributed by atoms with Crippen molar-refractivity contribution < 1.29 is 14.3 Å². The maximum Gasteiger partial charge on any atom is 0.306 e. The monoisotopic (exact) mass is 416 g/mol. The molecule has 0 bridgehead atoms. The Kier molecular flexibility index (Phi) is 10.4. The zero-order valence-corrected chi connectivity index (χ0v) is 18.2. The van der Waals surface area contributed by atoms with Gasteiger partial charge in [0.05, 0.1) is 13.0 Å². The summed E-state index contributed by atoms with van der Waals surface area (Å²) >= 11 is 1.46. The highest BCUT2D eigenvalue weighted by Crippen LogP contribution is 2.29. The number of nitrogens with zero attached hydrogens (tertiary/aromatic N) is 1. The van der Waals surface area contributed by atoms with Crippen LogP contribution in [0.15, 0.2) is 47.5 Å². The summed E-state index contributed by atoms with van der Waals surface area (Å²) in [5, 5.41) is 0.697. The Hall–Kier alpha value is -2.21. The number of unbranched alkanes of at least 4 members (excludes halogenated alkanes) is 1. The second-order valence-corrected chi connectivity index (χ2v) is 8.10. The standard InChI is InChI=1S/C23H32N2O3S/c1-3-5-9-18(4-2)16-28-22(26)14-15-29-23-20(12-13-21(24)25-23)27-17-19-10-7-6-8-11-19/h6-8,10-13,18H,3-5,9,14-17H2,1-2H3,(H2,24,25). The number of benzene rings is 1. The number of rotatable bonds is 13. The maximum atomic E-state index is 12.1. The second kappa shape index (κ2) is 13.1. The van der Waals surface area contributed by atoms with Gasteiger partial charge in [-0.2, -0.15) is 0 Å². The topological polar surface area (TPSA) is 74.4 Å². The maximum absolute atomic E-state index is 12.1. The predicted octanol–water partition coefficient (Wildman–Crippen LogP) is 5.48. The Bertz CT molecular complexity index is 740. The summed E-state index contributed by atoms with van der Waals surface area (Å²) in [6, 6.07) is 13.5. The smallest absolute Gasteiger partial charge is 0.306 e. The van der Waals surface area contributed by atoms with Crippen molar-refractivity contribution in [2.75, 3.05) is 18.1 Å². The molecule has 0 saturated heterocycles. The largest absolute Gasteiger partial charge is 0.486 e. The molecule has 1 heterocycles. The molecule has 0 aliphatic rings. The number of aromatic nitrogens is 1. The fourth-order valence-electron chi connectivity index (χ4n) is 2.80. The normalized spacial score (nSPS) is 11.8. The van der Waals surface area contributed by atoms with Gasteiger partial charge in [0.2, 0.25) is 0 Å². The molecule has 0 spiro atoms. The van der Waals surface area contributed by atoms with Gasteiger partial charge in [0.1, 0.15) is 17.5 Å². The van der Waals surface area contributed by atoms with Crippen LogP contribution in [0.2, 0.25) is 0 Å². The lowest BCUT2D eigenvalue weighted by atomic mass is 10.0. The lowest BCUT2D eigenvalue weighted by Crippen LogP contribution is -2.14. The summed E-state index contributed by atoms with van der Waals surface area (Å²) < 4.78 is 11.4. The zero-order valence-electron chi connectivity index (χ0n) is 17.4. The van der Waals surface area contributed by atoms with Gasteiger partial charge in [-0.1, -0.05) is 63.4 Å². The summed E-state index contributed by atoms with van der Waals surface area (Å²) in [6.07, 6.45) is 4.84. The molecule has 1 atom stereocenters. The number of carbonyl (C=O) groups excluding carboxylic acids is 1. The van der Waals surface area contributed by atoms with Gasteiger partial charge in [-0.15, -0.1) is 11.8 Å². The molecular weight excluding hydrogens is 384 g/mol. The summed E-state index contributed by atoms with van der Waals surface area (Å²) in [6.45, 7) is 5.30. The SMILES string of the molecule is CCCCC(CC)COC(=O)CCSc1nc(N)ccc1OCc1ccccc1. The van der Waals surface area contributed by atoms with Gasteiger partial charge in [0.25, 0.3) is 0 Å². The first-order chi connectivity index (χ1) is 14.1. The highest BCUT2D eigenvalue weighted by atomic mass is 32.2. The highest BCUT2D eigenvalue weighted by Gasteiger charge is 2.12. The minimum absolute atomic E-state index is 0.164. The van der Waals surface area contributed by atoms with E-state index in [9.17, 15) is 4.79 Å². The molecule has 0 fully saturated rings. The van der Waals surface area contributed by atoms with Crippen LogP contribution < -0.4 is 10.5 Å². The Balaban J connectivity index is 1.80. The lowest BCUT2D eigenvalue weighted by molar-refractivity contribution is -0.144. The fraction of sp³-hybridized carbons (Fsp3) is 0.478. The minimum Gasteiger partial charge on any atom is -0.486 e. The number of hydrogen-bond donors (Lipinski definition) is 1. The number of nitrogen functional groups attached to an aromatic ring is 1. The molecule has 1 aromatic carbocycles. The van der Waals surface area contributed by atoms with E-state index in [4.69, 9.17) is 15.2 Å². The molecule has 6 heteroatoms. The van der Waals surface area contributed by atoms with E-state index in [0.29, 0.717) is 47.9 Å². The van der Waals surface area contributed by atoms with Crippen LogP contribution >= 0.6 is 11.8 Å². The van der Waals surface area contributed by atoms with Crippen molar-refractivity contribution >= 4 is 23.5 Å². The first kappa shape index (κ1) is 23.1. The Morgan fingerprint density at radius 1 is 1.17 bits per heavy atom. The van der Waals surface area contributed by atoms with Crippen LogP contribution in [0.3, 0.4) is 0 Å². The number of esters is 1. The Morgan fingerprint density at radius 2 is 1.97 bits per heavy atom. The van der Waals surface area contributed by atoms with Crippen LogP contribution in [0.5, 0.6) is 5.75 Å². The number of pyridine rings is 1. The molecule has 5 nitrogen and oxygen atoms in total. The van der Waals surface area contributed by atoms with Crippen molar-refractivity contribution in [1.29, 1.82) is 0 Å². The van der Waals surface area contributed by atoms with Crippen molar-refractivity contribution in [2.24, 2.45) is 5.92 Å². The Morgan fingerprint density at radius 3 is 2.69 bits per heavy atom. The molecule has 1 unspecified atom stereocenters. The van der Waals surface area contributed by atoms with Gasteiger partial charge in [-0.3, -0.25) is 4.79 Å². The van der Waals surface area contributed by atoms with Crippen LogP contribution in [-0.4, -0.2) is 23.3 Å². The Labute approximate surface area is 178 Å². The van der Waals surface area contributed by atoms with Gasteiger partial charge < -0.3 is 15.2 Å². The average Bonchev–Trinajstić information content (AvgIpc) is 2.74.